The second-order valence-electron chi connectivity index (χ2n) is 4.19. The molecular formula is C11H22N2OS. The van der Waals surface area contributed by atoms with Crippen molar-refractivity contribution in [1.82, 2.24) is 10.2 Å². The second kappa shape index (κ2) is 6.28. The van der Waals surface area contributed by atoms with Gasteiger partial charge in [0.15, 0.2) is 5.11 Å². The first-order valence-electron chi connectivity index (χ1n) is 5.77. The Balaban J connectivity index is 2.22. The number of nitrogens with one attached hydrogen (secondary N) is 1. The Hall–Kier alpha value is -0.350. The lowest BCUT2D eigenvalue weighted by molar-refractivity contribution is 0.113. The van der Waals surface area contributed by atoms with E-state index >= 15 is 0 Å². The van der Waals surface area contributed by atoms with Gasteiger partial charge in [0.25, 0.3) is 0 Å². The van der Waals surface area contributed by atoms with Gasteiger partial charge in [0.2, 0.25) is 0 Å². The highest BCUT2D eigenvalue weighted by Crippen LogP contribution is 2.10. The Kier molecular flexibility index (Phi) is 5.32. The molecule has 0 spiro atoms. The summed E-state index contributed by atoms with van der Waals surface area (Å²) in [5.74, 6) is 0. The number of ether oxygens (including phenoxy) is 1. The van der Waals surface area contributed by atoms with Crippen molar-refractivity contribution in [2.24, 2.45) is 0 Å². The topological polar surface area (TPSA) is 24.5 Å². The third-order valence-corrected chi connectivity index (χ3v) is 3.51. The largest absolute Gasteiger partial charge is 0.376 e. The molecule has 0 aromatic rings. The Bertz CT molecular complexity index is 205. The van der Waals surface area contributed by atoms with E-state index in [1.807, 2.05) is 7.05 Å². The molecule has 4 heteroatoms. The number of nitrogens with zero attached hydrogens (tertiary/aromatic N) is 1. The average molecular weight is 230 g/mol. The maximum absolute atomic E-state index is 5.53. The molecule has 0 aliphatic carbocycles. The molecule has 1 fully saturated rings. The van der Waals surface area contributed by atoms with Crippen molar-refractivity contribution in [2.75, 3.05) is 20.2 Å². The zero-order valence-electron chi connectivity index (χ0n) is 9.95. The molecule has 1 aliphatic rings. The minimum Gasteiger partial charge on any atom is -0.376 e. The van der Waals surface area contributed by atoms with Gasteiger partial charge in [-0.15, -0.1) is 0 Å². The molecule has 0 bridgehead atoms. The van der Waals surface area contributed by atoms with Crippen LogP contribution in [0.25, 0.3) is 0 Å². The summed E-state index contributed by atoms with van der Waals surface area (Å²) in [7, 11) is 2.04. The van der Waals surface area contributed by atoms with Gasteiger partial charge in [-0.1, -0.05) is 6.92 Å². The van der Waals surface area contributed by atoms with Gasteiger partial charge < -0.3 is 15.0 Å². The molecule has 0 saturated carbocycles. The third kappa shape index (κ3) is 3.95. The summed E-state index contributed by atoms with van der Waals surface area (Å²) in [6.45, 7) is 6.10. The summed E-state index contributed by atoms with van der Waals surface area (Å²) in [6.07, 6.45) is 3.80. The maximum atomic E-state index is 5.53. The second-order valence-corrected chi connectivity index (χ2v) is 4.58. The molecule has 3 nitrogen and oxygen atoms in total. The van der Waals surface area contributed by atoms with E-state index in [-0.39, 0.29) is 0 Å². The van der Waals surface area contributed by atoms with E-state index in [0.717, 1.165) is 31.1 Å². The first kappa shape index (κ1) is 12.7. The van der Waals surface area contributed by atoms with Gasteiger partial charge in [0.05, 0.1) is 6.10 Å². The third-order valence-electron chi connectivity index (χ3n) is 3.08. The first-order valence-corrected chi connectivity index (χ1v) is 6.18. The number of hydrogen-bond acceptors (Lipinski definition) is 2. The quantitative estimate of drug-likeness (QED) is 0.744. The van der Waals surface area contributed by atoms with E-state index in [1.54, 1.807) is 0 Å². The summed E-state index contributed by atoms with van der Waals surface area (Å²) >= 11 is 5.31. The van der Waals surface area contributed by atoms with Crippen molar-refractivity contribution in [1.29, 1.82) is 0 Å². The van der Waals surface area contributed by atoms with Crippen LogP contribution in [0.4, 0.5) is 0 Å². The Labute approximate surface area is 98.2 Å². The van der Waals surface area contributed by atoms with Crippen LogP contribution in [0, 0.1) is 0 Å². The zero-order chi connectivity index (χ0) is 11.3. The lowest BCUT2D eigenvalue weighted by Crippen LogP contribution is -2.44. The zero-order valence-corrected chi connectivity index (χ0v) is 10.8. The summed E-state index contributed by atoms with van der Waals surface area (Å²) in [4.78, 5) is 2.12. The van der Waals surface area contributed by atoms with Crippen molar-refractivity contribution >= 4 is 17.3 Å². The van der Waals surface area contributed by atoms with Gasteiger partial charge in [0.1, 0.15) is 0 Å². The van der Waals surface area contributed by atoms with E-state index in [2.05, 4.69) is 24.1 Å². The van der Waals surface area contributed by atoms with Crippen molar-refractivity contribution in [2.45, 2.75) is 45.3 Å². The van der Waals surface area contributed by atoms with Crippen LogP contribution in [0.3, 0.4) is 0 Å². The average Bonchev–Trinajstić information content (AvgIpc) is 2.76. The van der Waals surface area contributed by atoms with Crippen LogP contribution in [0.1, 0.15) is 33.1 Å². The number of rotatable bonds is 4. The number of hydrogen-bond donors (Lipinski definition) is 1. The molecule has 1 aliphatic heterocycles. The predicted octanol–water partition coefficient (Wildman–Crippen LogP) is 1.77. The summed E-state index contributed by atoms with van der Waals surface area (Å²) in [5, 5.41) is 4.11. The molecule has 1 heterocycles. The van der Waals surface area contributed by atoms with Crippen molar-refractivity contribution in [3.05, 3.63) is 0 Å². The first-order chi connectivity index (χ1) is 7.15. The van der Waals surface area contributed by atoms with Crippen LogP contribution in [0.15, 0.2) is 0 Å². The monoisotopic (exact) mass is 230 g/mol. The van der Waals surface area contributed by atoms with E-state index in [9.17, 15) is 0 Å². The predicted molar refractivity (Wildman–Crippen MR) is 67.1 cm³/mol. The highest BCUT2D eigenvalue weighted by molar-refractivity contribution is 7.80. The van der Waals surface area contributed by atoms with E-state index in [4.69, 9.17) is 17.0 Å². The van der Waals surface area contributed by atoms with Crippen LogP contribution >= 0.6 is 12.2 Å². The Morgan fingerprint density at radius 1 is 1.67 bits per heavy atom. The molecule has 2 unspecified atom stereocenters. The van der Waals surface area contributed by atoms with Crippen molar-refractivity contribution < 1.29 is 4.74 Å². The van der Waals surface area contributed by atoms with Gasteiger partial charge >= 0.3 is 0 Å². The SMILES string of the molecule is CCC(C)N(C)C(=S)NCC1CCCO1. The van der Waals surface area contributed by atoms with Crippen LogP contribution < -0.4 is 5.32 Å². The molecule has 1 rings (SSSR count). The molecule has 88 valence electrons. The fraction of sp³-hybridized carbons (Fsp3) is 0.909. The molecule has 0 amide bonds. The summed E-state index contributed by atoms with van der Waals surface area (Å²) in [5.41, 5.74) is 0. The smallest absolute Gasteiger partial charge is 0.169 e. The number of thiocarbonyl (C=S) groups is 1. The standard InChI is InChI=1S/C11H22N2OS/c1-4-9(2)13(3)11(15)12-8-10-6-5-7-14-10/h9-10H,4-8H2,1-3H3,(H,12,15). The molecule has 0 aromatic carbocycles. The van der Waals surface area contributed by atoms with Crippen LogP contribution in [-0.4, -0.2) is 42.4 Å². The summed E-state index contributed by atoms with van der Waals surface area (Å²) in [6, 6.07) is 0.495. The van der Waals surface area contributed by atoms with E-state index < -0.39 is 0 Å². The van der Waals surface area contributed by atoms with E-state index in [1.165, 1.54) is 6.42 Å². The van der Waals surface area contributed by atoms with Gasteiger partial charge in [0, 0.05) is 26.2 Å². The minimum absolute atomic E-state index is 0.355. The molecule has 2 atom stereocenters. The van der Waals surface area contributed by atoms with Crippen LogP contribution in [0.5, 0.6) is 0 Å². The van der Waals surface area contributed by atoms with Crippen molar-refractivity contribution in [3.8, 4) is 0 Å². The molecule has 15 heavy (non-hydrogen) atoms. The van der Waals surface area contributed by atoms with Gasteiger partial charge in [-0.25, -0.2) is 0 Å². The molecule has 0 radical (unpaired) electrons. The van der Waals surface area contributed by atoms with Crippen LogP contribution in [-0.2, 0) is 4.74 Å². The summed E-state index contributed by atoms with van der Waals surface area (Å²) < 4.78 is 5.53. The molecule has 1 saturated heterocycles. The molecule has 0 aromatic heterocycles. The lowest BCUT2D eigenvalue weighted by atomic mass is 10.2. The van der Waals surface area contributed by atoms with E-state index in [0.29, 0.717) is 12.1 Å². The van der Waals surface area contributed by atoms with Crippen LogP contribution in [0.2, 0.25) is 0 Å². The molecular weight excluding hydrogens is 208 g/mol. The normalized spacial score (nSPS) is 22.5. The highest BCUT2D eigenvalue weighted by Gasteiger charge is 2.17. The highest BCUT2D eigenvalue weighted by atomic mass is 32.1. The van der Waals surface area contributed by atoms with Gasteiger partial charge in [-0.3, -0.25) is 0 Å². The Morgan fingerprint density at radius 3 is 2.93 bits per heavy atom. The maximum Gasteiger partial charge on any atom is 0.169 e. The molecule has 1 N–H and O–H groups in total. The Morgan fingerprint density at radius 2 is 2.40 bits per heavy atom. The fourth-order valence-corrected chi connectivity index (χ4v) is 1.87. The van der Waals surface area contributed by atoms with Crippen molar-refractivity contribution in [3.63, 3.8) is 0 Å². The minimum atomic E-state index is 0.355. The lowest BCUT2D eigenvalue weighted by Gasteiger charge is -2.27. The fourth-order valence-electron chi connectivity index (χ4n) is 1.61. The van der Waals surface area contributed by atoms with Gasteiger partial charge in [-0.05, 0) is 38.4 Å². The van der Waals surface area contributed by atoms with Gasteiger partial charge in [-0.2, -0.15) is 0 Å².